The van der Waals surface area contributed by atoms with E-state index in [1.54, 1.807) is 17.8 Å². The van der Waals surface area contributed by atoms with E-state index >= 15 is 0 Å². The Bertz CT molecular complexity index is 633. The molecule has 0 bridgehead atoms. The molecule has 0 radical (unpaired) electrons. The van der Waals surface area contributed by atoms with Gasteiger partial charge in [-0.25, -0.2) is 0 Å². The number of hydrogen-bond donors (Lipinski definition) is 0. The molecule has 0 fully saturated rings. The molecule has 0 saturated carbocycles. The first kappa shape index (κ1) is 14.9. The van der Waals surface area contributed by atoms with Gasteiger partial charge in [0.2, 0.25) is 0 Å². The summed E-state index contributed by atoms with van der Waals surface area (Å²) in [4.78, 5) is 12.2. The number of rotatable bonds is 4. The molecule has 0 aliphatic rings. The summed E-state index contributed by atoms with van der Waals surface area (Å²) in [5, 5.41) is 4.83. The van der Waals surface area contributed by atoms with E-state index in [1.165, 1.54) is 11.3 Å². The van der Waals surface area contributed by atoms with Crippen molar-refractivity contribution < 1.29 is 4.79 Å². The van der Waals surface area contributed by atoms with Gasteiger partial charge >= 0.3 is 0 Å². The molecule has 3 nitrogen and oxygen atoms in total. The number of thiophene rings is 1. The Hall–Kier alpha value is -0.550. The fraction of sp³-hybridized carbons (Fsp3) is 0.333. The SMILES string of the molecule is CCc1nn(C)c(CC(=O)c2cc(Cl)sc2Cl)c1Cl. The molecule has 7 heteroatoms. The van der Waals surface area contributed by atoms with Gasteiger partial charge in [0.05, 0.1) is 27.2 Å². The van der Waals surface area contributed by atoms with E-state index in [0.717, 1.165) is 12.1 Å². The van der Waals surface area contributed by atoms with Crippen molar-refractivity contribution in [1.29, 1.82) is 0 Å². The highest BCUT2D eigenvalue weighted by molar-refractivity contribution is 7.20. The van der Waals surface area contributed by atoms with Gasteiger partial charge in [0.15, 0.2) is 5.78 Å². The normalized spacial score (nSPS) is 11.0. The van der Waals surface area contributed by atoms with Crippen LogP contribution in [0.2, 0.25) is 13.7 Å². The molecule has 2 aromatic rings. The second-order valence-electron chi connectivity index (χ2n) is 4.02. The molecular weight excluding hydrogens is 327 g/mol. The molecule has 0 aliphatic carbocycles. The molecule has 2 rings (SSSR count). The van der Waals surface area contributed by atoms with Crippen LogP contribution in [0.25, 0.3) is 0 Å². The number of halogens is 3. The summed E-state index contributed by atoms with van der Waals surface area (Å²) in [6.45, 7) is 1.97. The van der Waals surface area contributed by atoms with E-state index in [0.29, 0.717) is 25.0 Å². The maximum atomic E-state index is 12.2. The zero-order valence-electron chi connectivity index (χ0n) is 10.3. The Morgan fingerprint density at radius 2 is 2.11 bits per heavy atom. The van der Waals surface area contributed by atoms with E-state index in [1.807, 2.05) is 6.92 Å². The van der Waals surface area contributed by atoms with Gasteiger partial charge in [0.25, 0.3) is 0 Å². The van der Waals surface area contributed by atoms with Crippen LogP contribution in [-0.2, 0) is 19.9 Å². The predicted molar refractivity (Wildman–Crippen MR) is 80.0 cm³/mol. The average molecular weight is 338 g/mol. The standard InChI is InChI=1S/C12H11Cl3N2OS/c1-3-7-11(14)8(17(2)16-7)5-9(18)6-4-10(13)19-12(6)15/h4H,3,5H2,1-2H3. The van der Waals surface area contributed by atoms with Crippen molar-refractivity contribution in [2.45, 2.75) is 19.8 Å². The lowest BCUT2D eigenvalue weighted by Gasteiger charge is -2.01. The van der Waals surface area contributed by atoms with Crippen LogP contribution in [0.15, 0.2) is 6.07 Å². The van der Waals surface area contributed by atoms with Gasteiger partial charge in [-0.15, -0.1) is 11.3 Å². The van der Waals surface area contributed by atoms with Gasteiger partial charge < -0.3 is 0 Å². The lowest BCUT2D eigenvalue weighted by Crippen LogP contribution is -2.07. The van der Waals surface area contributed by atoms with Crippen molar-refractivity contribution in [2.24, 2.45) is 7.05 Å². The maximum absolute atomic E-state index is 12.2. The molecule has 2 heterocycles. The molecular formula is C12H11Cl3N2OS. The monoisotopic (exact) mass is 336 g/mol. The molecule has 0 spiro atoms. The molecule has 19 heavy (non-hydrogen) atoms. The smallest absolute Gasteiger partial charge is 0.171 e. The molecule has 102 valence electrons. The van der Waals surface area contributed by atoms with Crippen LogP contribution in [-0.4, -0.2) is 15.6 Å². The van der Waals surface area contributed by atoms with E-state index in [9.17, 15) is 4.79 Å². The largest absolute Gasteiger partial charge is 0.294 e. The highest BCUT2D eigenvalue weighted by Gasteiger charge is 2.20. The van der Waals surface area contributed by atoms with E-state index in [-0.39, 0.29) is 12.2 Å². The van der Waals surface area contributed by atoms with Crippen molar-refractivity contribution in [3.8, 4) is 0 Å². The van der Waals surface area contributed by atoms with Crippen LogP contribution in [0, 0.1) is 0 Å². The van der Waals surface area contributed by atoms with Gasteiger partial charge in [-0.2, -0.15) is 5.10 Å². The van der Waals surface area contributed by atoms with Crippen LogP contribution in [0.1, 0.15) is 28.7 Å². The van der Waals surface area contributed by atoms with Gasteiger partial charge in [-0.1, -0.05) is 41.7 Å². The quantitative estimate of drug-likeness (QED) is 0.774. The van der Waals surface area contributed by atoms with Crippen LogP contribution in [0.5, 0.6) is 0 Å². The first-order valence-electron chi connectivity index (χ1n) is 5.62. The van der Waals surface area contributed by atoms with Crippen molar-refractivity contribution in [1.82, 2.24) is 9.78 Å². The predicted octanol–water partition coefficient (Wildman–Crippen LogP) is 4.43. The highest BCUT2D eigenvalue weighted by atomic mass is 35.5. The van der Waals surface area contributed by atoms with Crippen LogP contribution >= 0.6 is 46.1 Å². The number of carbonyl (C=O) groups is 1. The molecule has 0 amide bonds. The fourth-order valence-electron chi connectivity index (χ4n) is 1.79. The molecule has 2 aromatic heterocycles. The first-order valence-corrected chi connectivity index (χ1v) is 7.57. The lowest BCUT2D eigenvalue weighted by atomic mass is 10.1. The van der Waals surface area contributed by atoms with E-state index in [4.69, 9.17) is 34.8 Å². The van der Waals surface area contributed by atoms with Gasteiger partial charge in [0, 0.05) is 12.6 Å². The van der Waals surface area contributed by atoms with Crippen LogP contribution in [0.3, 0.4) is 0 Å². The fourth-order valence-corrected chi connectivity index (χ4v) is 3.65. The van der Waals surface area contributed by atoms with E-state index < -0.39 is 0 Å². The average Bonchev–Trinajstić information content (AvgIpc) is 2.82. The number of hydrogen-bond acceptors (Lipinski definition) is 3. The summed E-state index contributed by atoms with van der Waals surface area (Å²) in [6.07, 6.45) is 0.890. The second-order valence-corrected chi connectivity index (χ2v) is 6.69. The summed E-state index contributed by atoms with van der Waals surface area (Å²) in [5.74, 6) is -0.110. The number of aromatic nitrogens is 2. The van der Waals surface area contributed by atoms with Gasteiger partial charge in [0.1, 0.15) is 4.34 Å². The third-order valence-corrected chi connectivity index (χ3v) is 4.71. The number of nitrogens with zero attached hydrogens (tertiary/aromatic N) is 2. The molecule has 0 unspecified atom stereocenters. The second kappa shape index (κ2) is 5.83. The zero-order valence-corrected chi connectivity index (χ0v) is 13.4. The van der Waals surface area contributed by atoms with Crippen LogP contribution in [0.4, 0.5) is 0 Å². The molecule has 0 aromatic carbocycles. The number of carbonyl (C=O) groups excluding carboxylic acids is 1. The summed E-state index contributed by atoms with van der Waals surface area (Å²) in [5.41, 5.74) is 1.93. The Kier molecular flexibility index (Phi) is 4.56. The van der Waals surface area contributed by atoms with Crippen molar-refractivity contribution in [3.63, 3.8) is 0 Å². The van der Waals surface area contributed by atoms with Crippen molar-refractivity contribution >= 4 is 51.9 Å². The molecule has 0 saturated heterocycles. The topological polar surface area (TPSA) is 34.9 Å². The lowest BCUT2D eigenvalue weighted by molar-refractivity contribution is 0.0991. The Balaban J connectivity index is 2.29. The minimum absolute atomic E-state index is 0.110. The summed E-state index contributed by atoms with van der Waals surface area (Å²) in [7, 11) is 1.77. The van der Waals surface area contributed by atoms with Gasteiger partial charge in [-0.05, 0) is 12.5 Å². The van der Waals surface area contributed by atoms with Crippen LogP contribution < -0.4 is 0 Å². The summed E-state index contributed by atoms with van der Waals surface area (Å²) in [6, 6.07) is 1.59. The van der Waals surface area contributed by atoms with E-state index in [2.05, 4.69) is 5.10 Å². The molecule has 0 atom stereocenters. The van der Waals surface area contributed by atoms with Crippen molar-refractivity contribution in [3.05, 3.63) is 36.7 Å². The maximum Gasteiger partial charge on any atom is 0.171 e. The Morgan fingerprint density at radius 3 is 2.58 bits per heavy atom. The highest BCUT2D eigenvalue weighted by Crippen LogP contribution is 2.32. The summed E-state index contributed by atoms with van der Waals surface area (Å²) < 4.78 is 2.55. The summed E-state index contributed by atoms with van der Waals surface area (Å²) >= 11 is 19.2. The third-order valence-electron chi connectivity index (χ3n) is 2.79. The first-order chi connectivity index (χ1) is 8.93. The third kappa shape index (κ3) is 2.97. The Morgan fingerprint density at radius 1 is 1.42 bits per heavy atom. The Labute approximate surface area is 130 Å². The van der Waals surface area contributed by atoms with Crippen molar-refractivity contribution in [2.75, 3.05) is 0 Å². The minimum atomic E-state index is -0.110. The van der Waals surface area contributed by atoms with Gasteiger partial charge in [-0.3, -0.25) is 9.48 Å². The molecule has 0 N–H and O–H groups in total. The number of aryl methyl sites for hydroxylation is 2. The minimum Gasteiger partial charge on any atom is -0.294 e. The molecule has 0 aliphatic heterocycles. The number of ketones is 1. The zero-order chi connectivity index (χ0) is 14.2. The number of Topliss-reactive ketones (excluding diaryl/α,β-unsaturated/α-hetero) is 1.